The zero-order chi connectivity index (χ0) is 0. The molecule has 2 nitrogen and oxygen atoms in total. The normalized spacial score (nSPS) is 0. The molecule has 4 heteroatoms. The molecule has 0 spiro atoms. The molecule has 0 aromatic rings. The van der Waals surface area contributed by atoms with E-state index >= 15 is 0 Å². The van der Waals surface area contributed by atoms with E-state index in [1.54, 1.807) is 0 Å². The minimum absolute atomic E-state index is 0. The molecule has 0 aromatic carbocycles. The third-order valence-electron chi connectivity index (χ3n) is 0. The van der Waals surface area contributed by atoms with E-state index in [-0.39, 0.29) is 86.0 Å². The van der Waals surface area contributed by atoms with Crippen LogP contribution in [-0.2, 0) is 37.2 Å². The van der Waals surface area contributed by atoms with E-state index in [2.05, 4.69) is 0 Å². The Balaban J connectivity index is 0. The van der Waals surface area contributed by atoms with Gasteiger partial charge in [-0.05, 0) is 0 Å². The monoisotopic (exact) mass is 260 g/mol. The zero-order valence-electron chi connectivity index (χ0n) is 2.02. The quantitative estimate of drug-likeness (QED) is 0.521. The number of rotatable bonds is 0. The molecule has 0 N–H and O–H groups in total. The Morgan fingerprint density at radius 3 is 0.750 bits per heavy atom. The van der Waals surface area contributed by atoms with Crippen LogP contribution in [0.1, 0.15) is 0 Å². The molecule has 4 heavy (non-hydrogen) atoms. The molecule has 0 amide bonds. The van der Waals surface area contributed by atoms with E-state index in [1.807, 2.05) is 0 Å². The molecule has 0 aliphatic carbocycles. The van der Waals surface area contributed by atoms with Gasteiger partial charge >= 0.3 is 75.1 Å². The predicted octanol–water partition coefficient (Wildman–Crippen LogP) is -0.621. The van der Waals surface area contributed by atoms with E-state index in [0.29, 0.717) is 0 Å². The third kappa shape index (κ3) is 8.83. The van der Waals surface area contributed by atoms with Gasteiger partial charge in [0.05, 0.1) is 0 Å². The topological polar surface area (TPSA) is 57.0 Å². The summed E-state index contributed by atoms with van der Waals surface area (Å²) in [5.41, 5.74) is 0. The molecule has 0 bridgehead atoms. The summed E-state index contributed by atoms with van der Waals surface area (Å²) in [6.07, 6.45) is 0. The summed E-state index contributed by atoms with van der Waals surface area (Å²) in [4.78, 5) is 0. The van der Waals surface area contributed by atoms with Gasteiger partial charge < -0.3 is 11.0 Å². The molecule has 0 rings (SSSR count). The summed E-state index contributed by atoms with van der Waals surface area (Å²) in [5, 5.41) is 0. The molecule has 16 valence electrons. The molecule has 0 radical (unpaired) electrons. The van der Waals surface area contributed by atoms with E-state index < -0.39 is 0 Å². The Bertz CT molecular complexity index is 6.00. The average molecular weight is 261 g/mol. The maximum absolute atomic E-state index is 0. The van der Waals surface area contributed by atoms with Crippen molar-refractivity contribution in [1.29, 1.82) is 0 Å². The molecule has 0 fully saturated rings. The first-order chi connectivity index (χ1) is 0. The smallest absolute Gasteiger partial charge is 2.00 e. The Kier molecular flexibility index (Phi) is 149. The maximum atomic E-state index is 0. The first-order valence-electron chi connectivity index (χ1n) is 0. The maximum Gasteiger partial charge on any atom is 4.00 e. The van der Waals surface area contributed by atoms with Crippen molar-refractivity contribution in [3.8, 4) is 0 Å². The molecule has 0 aromatic heterocycles. The van der Waals surface area contributed by atoms with Gasteiger partial charge in [-0.1, -0.05) is 0 Å². The standard InChI is InChI=1S/Ba.2O.Zr/q+2;2*-2;+4. The van der Waals surface area contributed by atoms with Crippen molar-refractivity contribution in [2.24, 2.45) is 0 Å². The Morgan fingerprint density at radius 2 is 0.750 bits per heavy atom. The Hall–Kier alpha value is 2.37. The fourth-order valence-corrected chi connectivity index (χ4v) is 0. The molecular weight excluding hydrogens is 261 g/mol. The minimum atomic E-state index is 0. The summed E-state index contributed by atoms with van der Waals surface area (Å²) in [6, 6.07) is 0. The molecule has 0 saturated heterocycles. The van der Waals surface area contributed by atoms with Crippen molar-refractivity contribution in [1.82, 2.24) is 0 Å². The van der Waals surface area contributed by atoms with E-state index in [0.717, 1.165) is 0 Å². The summed E-state index contributed by atoms with van der Waals surface area (Å²) < 4.78 is 0. The van der Waals surface area contributed by atoms with Gasteiger partial charge in [0.15, 0.2) is 0 Å². The van der Waals surface area contributed by atoms with Gasteiger partial charge in [0.25, 0.3) is 0 Å². The first kappa shape index (κ1) is 32.7. The van der Waals surface area contributed by atoms with Gasteiger partial charge in [-0.25, -0.2) is 0 Å². The molecule has 0 aliphatic rings. The predicted molar refractivity (Wildman–Crippen MR) is 7.13 cm³/mol. The minimum Gasteiger partial charge on any atom is -2.00 e. The van der Waals surface area contributed by atoms with Crippen LogP contribution in [0.2, 0.25) is 0 Å². The van der Waals surface area contributed by atoms with Crippen molar-refractivity contribution in [3.05, 3.63) is 0 Å². The summed E-state index contributed by atoms with van der Waals surface area (Å²) in [6.45, 7) is 0. The average Bonchev–Trinajstić information content (AvgIpc) is 0. The summed E-state index contributed by atoms with van der Waals surface area (Å²) >= 11 is 0. The van der Waals surface area contributed by atoms with Gasteiger partial charge in [0, 0.05) is 0 Å². The Morgan fingerprint density at radius 1 is 0.750 bits per heavy atom. The van der Waals surface area contributed by atoms with Gasteiger partial charge in [0.2, 0.25) is 0 Å². The van der Waals surface area contributed by atoms with Gasteiger partial charge in [-0.2, -0.15) is 0 Å². The second-order valence-corrected chi connectivity index (χ2v) is 0. The first-order valence-corrected chi connectivity index (χ1v) is 0. The van der Waals surface area contributed by atoms with Crippen LogP contribution in [0.25, 0.3) is 0 Å². The largest absolute Gasteiger partial charge is 4.00 e. The fraction of sp³-hybridized carbons (Fsp3) is 0. The second-order valence-electron chi connectivity index (χ2n) is 0. The molecule has 0 heterocycles. The van der Waals surface area contributed by atoms with Crippen LogP contribution in [0.5, 0.6) is 0 Å². The van der Waals surface area contributed by atoms with Gasteiger partial charge in [-0.3, -0.25) is 0 Å². The summed E-state index contributed by atoms with van der Waals surface area (Å²) in [5.74, 6) is 0. The van der Waals surface area contributed by atoms with E-state index in [4.69, 9.17) is 0 Å². The SMILES string of the molecule is [Ba+2].[O-2].[O-2].[Zr+4]. The molecular formula is BaO2Zr+2. The third-order valence-corrected chi connectivity index (χ3v) is 0. The molecule has 0 atom stereocenters. The van der Waals surface area contributed by atoms with Crippen molar-refractivity contribution >= 4 is 48.9 Å². The molecule has 0 saturated carbocycles. The van der Waals surface area contributed by atoms with Crippen molar-refractivity contribution in [2.45, 2.75) is 0 Å². The number of hydrogen-bond acceptors (Lipinski definition) is 0. The van der Waals surface area contributed by atoms with Gasteiger partial charge in [-0.15, -0.1) is 0 Å². The molecule has 0 unspecified atom stereocenters. The van der Waals surface area contributed by atoms with Crippen LogP contribution in [0.15, 0.2) is 0 Å². The van der Waals surface area contributed by atoms with Crippen molar-refractivity contribution in [2.75, 3.05) is 0 Å². The van der Waals surface area contributed by atoms with E-state index in [9.17, 15) is 0 Å². The van der Waals surface area contributed by atoms with Crippen LogP contribution in [0.4, 0.5) is 0 Å². The Labute approximate surface area is 84.2 Å². The fourth-order valence-electron chi connectivity index (χ4n) is 0. The van der Waals surface area contributed by atoms with Crippen LogP contribution in [0, 0.1) is 0 Å². The second kappa shape index (κ2) is 18.2. The molecule has 0 aliphatic heterocycles. The van der Waals surface area contributed by atoms with Crippen LogP contribution in [0.3, 0.4) is 0 Å². The summed E-state index contributed by atoms with van der Waals surface area (Å²) in [7, 11) is 0. The van der Waals surface area contributed by atoms with E-state index in [1.165, 1.54) is 0 Å². The van der Waals surface area contributed by atoms with Crippen LogP contribution >= 0.6 is 0 Å². The zero-order valence-corrected chi connectivity index (χ0v) is 8.92. The van der Waals surface area contributed by atoms with Crippen LogP contribution < -0.4 is 0 Å². The number of hydrogen-bond donors (Lipinski definition) is 0. The van der Waals surface area contributed by atoms with Crippen LogP contribution in [-0.4, -0.2) is 48.9 Å². The van der Waals surface area contributed by atoms with Gasteiger partial charge in [0.1, 0.15) is 0 Å². The van der Waals surface area contributed by atoms with Crippen molar-refractivity contribution < 1.29 is 37.2 Å². The van der Waals surface area contributed by atoms with Crippen molar-refractivity contribution in [3.63, 3.8) is 0 Å².